The van der Waals surface area contributed by atoms with E-state index in [0.717, 1.165) is 24.0 Å². The molecule has 180 valence electrons. The second-order valence-corrected chi connectivity index (χ2v) is 7.82. The number of nitrogens with one attached hydrogen (secondary N) is 3. The van der Waals surface area contributed by atoms with Crippen molar-refractivity contribution in [1.82, 2.24) is 10.6 Å². The van der Waals surface area contributed by atoms with Crippen molar-refractivity contribution >= 4 is 53.0 Å². The highest BCUT2D eigenvalue weighted by Crippen LogP contribution is 2.35. The number of ketones is 1. The normalized spacial score (nSPS) is 10.0. The van der Waals surface area contributed by atoms with Crippen LogP contribution < -0.4 is 16.0 Å². The van der Waals surface area contributed by atoms with Gasteiger partial charge >= 0.3 is 12.2 Å². The molecule has 3 N–H and O–H groups in total. The number of guanidine groups is 1. The minimum absolute atomic E-state index is 0.0629. The van der Waals surface area contributed by atoms with Crippen LogP contribution in [0.25, 0.3) is 0 Å². The number of rotatable bonds is 7. The van der Waals surface area contributed by atoms with E-state index in [1.165, 1.54) is 11.8 Å². The molecule has 0 spiro atoms. The molecule has 2 rings (SSSR count). The number of hydrogen-bond acceptors (Lipinski definition) is 8. The molecule has 10 nitrogen and oxygen atoms in total. The van der Waals surface area contributed by atoms with Gasteiger partial charge in [-0.2, -0.15) is 0 Å². The fourth-order valence-electron chi connectivity index (χ4n) is 2.56. The second kappa shape index (κ2) is 13.0. The van der Waals surface area contributed by atoms with Crippen molar-refractivity contribution in [3.63, 3.8) is 0 Å². The zero-order chi connectivity index (χ0) is 25.1. The zero-order valence-corrected chi connectivity index (χ0v) is 20.1. The van der Waals surface area contributed by atoms with Crippen molar-refractivity contribution < 1.29 is 28.7 Å². The van der Waals surface area contributed by atoms with Crippen molar-refractivity contribution in [2.24, 2.45) is 4.99 Å². The largest absolute Gasteiger partial charge is 0.453 e. The highest BCUT2D eigenvalue weighted by Gasteiger charge is 2.14. The number of hydrogen-bond donors (Lipinski definition) is 3. The van der Waals surface area contributed by atoms with Gasteiger partial charge in [0.05, 0.1) is 25.6 Å². The summed E-state index contributed by atoms with van der Waals surface area (Å²) in [6.45, 7) is 3.52. The van der Waals surface area contributed by atoms with Gasteiger partial charge < -0.3 is 14.8 Å². The number of alkyl carbamates (subject to hydrolysis) is 2. The number of nitrogens with zero attached hydrogens (tertiary/aromatic N) is 1. The number of carbonyl (C=O) groups excluding carboxylic acids is 4. The monoisotopic (exact) mass is 486 g/mol. The van der Waals surface area contributed by atoms with Crippen molar-refractivity contribution in [2.75, 3.05) is 19.5 Å². The van der Waals surface area contributed by atoms with Crippen LogP contribution in [0.3, 0.4) is 0 Å². The van der Waals surface area contributed by atoms with Gasteiger partial charge in [0.2, 0.25) is 11.9 Å². The van der Waals surface area contributed by atoms with E-state index in [1.54, 1.807) is 37.3 Å². The van der Waals surface area contributed by atoms with Crippen molar-refractivity contribution in [2.45, 2.75) is 36.5 Å². The first kappa shape index (κ1) is 26.4. The molecule has 2 aromatic rings. The summed E-state index contributed by atoms with van der Waals surface area (Å²) in [5.74, 6) is -0.431. The number of Topliss-reactive ketones (excluding diaryl/α,β-unsaturated/α-hetero) is 1. The molecule has 0 aliphatic heterocycles. The molecule has 0 aromatic heterocycles. The van der Waals surface area contributed by atoms with Gasteiger partial charge in [0.15, 0.2) is 5.78 Å². The van der Waals surface area contributed by atoms with Crippen molar-refractivity contribution in [3.8, 4) is 0 Å². The number of anilines is 1. The maximum Gasteiger partial charge on any atom is 0.413 e. The SMILES string of the molecule is CCC(=O)Nc1ccc(Sc2ccc(C(=O)CC)cc2)cc1N=C(NC(=O)OC)NC(=O)OC. The summed E-state index contributed by atoms with van der Waals surface area (Å²) in [6, 6.07) is 12.3. The van der Waals surface area contributed by atoms with Crippen LogP contribution in [0.4, 0.5) is 21.0 Å². The maximum atomic E-state index is 12.0. The average molecular weight is 487 g/mol. The Hall–Kier alpha value is -3.86. The molecule has 0 heterocycles. The van der Waals surface area contributed by atoms with Crippen LogP contribution in [0, 0.1) is 0 Å². The van der Waals surface area contributed by atoms with E-state index in [0.29, 0.717) is 17.7 Å². The highest BCUT2D eigenvalue weighted by atomic mass is 32.2. The summed E-state index contributed by atoms with van der Waals surface area (Å²) in [6.07, 6.45) is -1.04. The molecule has 0 atom stereocenters. The molecule has 3 amide bonds. The molecule has 0 aliphatic carbocycles. The number of aliphatic imine (C=N–C) groups is 1. The van der Waals surface area contributed by atoms with Gasteiger partial charge in [-0.25, -0.2) is 14.6 Å². The second-order valence-electron chi connectivity index (χ2n) is 6.68. The minimum Gasteiger partial charge on any atom is -0.453 e. The highest BCUT2D eigenvalue weighted by molar-refractivity contribution is 7.99. The molecule has 34 heavy (non-hydrogen) atoms. The van der Waals surface area contributed by atoms with E-state index in [2.05, 4.69) is 30.4 Å². The maximum absolute atomic E-state index is 12.0. The van der Waals surface area contributed by atoms with E-state index in [9.17, 15) is 19.2 Å². The van der Waals surface area contributed by atoms with Crippen LogP contribution in [0.2, 0.25) is 0 Å². The Morgan fingerprint density at radius 1 is 0.853 bits per heavy atom. The standard InChI is InChI=1S/C23H26N4O6S/c1-5-19(28)14-7-9-15(10-8-14)34-16-11-12-17(24-20(29)6-2)18(13-16)25-21(26-22(30)32-3)27-23(31)33-4/h7-13H,5-6H2,1-4H3,(H,24,29)(H2,25,26,27,30,31). The lowest BCUT2D eigenvalue weighted by Crippen LogP contribution is -2.43. The smallest absolute Gasteiger partial charge is 0.413 e. The lowest BCUT2D eigenvalue weighted by Gasteiger charge is -2.13. The van der Waals surface area contributed by atoms with Gasteiger partial charge in [-0.05, 0) is 30.3 Å². The van der Waals surface area contributed by atoms with Gasteiger partial charge in [0.1, 0.15) is 0 Å². The lowest BCUT2D eigenvalue weighted by atomic mass is 10.1. The van der Waals surface area contributed by atoms with Crippen LogP contribution >= 0.6 is 11.8 Å². The Balaban J connectivity index is 2.42. The van der Waals surface area contributed by atoms with E-state index < -0.39 is 12.2 Å². The van der Waals surface area contributed by atoms with Gasteiger partial charge in [-0.3, -0.25) is 20.2 Å². The van der Waals surface area contributed by atoms with Crippen LogP contribution in [-0.2, 0) is 14.3 Å². The molecule has 0 bridgehead atoms. The molecular formula is C23H26N4O6S. The molecule has 11 heteroatoms. The fraction of sp³-hybridized carbons (Fsp3) is 0.261. The quantitative estimate of drug-likeness (QED) is 0.298. The van der Waals surface area contributed by atoms with Gasteiger partial charge in [0.25, 0.3) is 0 Å². The molecule has 0 unspecified atom stereocenters. The molecule has 0 aliphatic rings. The molecule has 0 saturated carbocycles. The van der Waals surface area contributed by atoms with Crippen LogP contribution in [-0.4, -0.2) is 44.1 Å². The predicted molar refractivity (Wildman–Crippen MR) is 129 cm³/mol. The predicted octanol–water partition coefficient (Wildman–Crippen LogP) is 4.48. The van der Waals surface area contributed by atoms with Crippen molar-refractivity contribution in [1.29, 1.82) is 0 Å². The Kier molecular flexibility index (Phi) is 10.1. The number of carbonyl (C=O) groups is 4. The molecule has 2 aromatic carbocycles. The van der Waals surface area contributed by atoms with Crippen molar-refractivity contribution in [3.05, 3.63) is 48.0 Å². The first-order valence-electron chi connectivity index (χ1n) is 10.3. The van der Waals surface area contributed by atoms with E-state index in [1.807, 2.05) is 19.1 Å². The number of amides is 3. The van der Waals surface area contributed by atoms with Crippen LogP contribution in [0.5, 0.6) is 0 Å². The number of methoxy groups -OCH3 is 2. The lowest BCUT2D eigenvalue weighted by molar-refractivity contribution is -0.115. The fourth-order valence-corrected chi connectivity index (χ4v) is 3.41. The average Bonchev–Trinajstić information content (AvgIpc) is 2.85. The van der Waals surface area contributed by atoms with E-state index in [-0.39, 0.29) is 29.8 Å². The van der Waals surface area contributed by atoms with Gasteiger partial charge in [-0.15, -0.1) is 0 Å². The molecule has 0 fully saturated rings. The minimum atomic E-state index is -0.860. The van der Waals surface area contributed by atoms with Gasteiger partial charge in [0, 0.05) is 28.2 Å². The third kappa shape index (κ3) is 7.93. The topological polar surface area (TPSA) is 135 Å². The van der Waals surface area contributed by atoms with E-state index >= 15 is 0 Å². The summed E-state index contributed by atoms with van der Waals surface area (Å²) >= 11 is 1.41. The first-order valence-corrected chi connectivity index (χ1v) is 11.1. The Morgan fingerprint density at radius 2 is 1.44 bits per heavy atom. The van der Waals surface area contributed by atoms with E-state index in [4.69, 9.17) is 0 Å². The summed E-state index contributed by atoms with van der Waals surface area (Å²) < 4.78 is 9.12. The van der Waals surface area contributed by atoms with Crippen LogP contribution in [0.1, 0.15) is 37.0 Å². The molecule has 0 radical (unpaired) electrons. The summed E-state index contributed by atoms with van der Waals surface area (Å²) in [5, 5.41) is 7.32. The Bertz CT molecular complexity index is 1070. The summed E-state index contributed by atoms with van der Waals surface area (Å²) in [5.41, 5.74) is 1.28. The molecule has 0 saturated heterocycles. The number of ether oxygens (including phenoxy) is 2. The zero-order valence-electron chi connectivity index (χ0n) is 19.3. The number of benzene rings is 2. The molecular weight excluding hydrogens is 460 g/mol. The third-order valence-corrected chi connectivity index (χ3v) is 5.34. The third-order valence-electron chi connectivity index (χ3n) is 4.34. The summed E-state index contributed by atoms with van der Waals surface area (Å²) in [4.78, 5) is 53.1. The Labute approximate surface area is 201 Å². The first-order chi connectivity index (χ1) is 16.3. The Morgan fingerprint density at radius 3 is 1.97 bits per heavy atom. The van der Waals surface area contributed by atoms with Crippen LogP contribution in [0.15, 0.2) is 57.2 Å². The summed E-state index contributed by atoms with van der Waals surface area (Å²) in [7, 11) is 2.32. The van der Waals surface area contributed by atoms with Gasteiger partial charge in [-0.1, -0.05) is 37.7 Å².